The van der Waals surface area contributed by atoms with E-state index < -0.39 is 0 Å². The van der Waals surface area contributed by atoms with Crippen LogP contribution in [0.5, 0.6) is 0 Å². The fourth-order valence-corrected chi connectivity index (χ4v) is 3.16. The third-order valence-corrected chi connectivity index (χ3v) is 4.50. The summed E-state index contributed by atoms with van der Waals surface area (Å²) in [5.41, 5.74) is 3.34. The zero-order chi connectivity index (χ0) is 17.1. The summed E-state index contributed by atoms with van der Waals surface area (Å²) in [6.07, 6.45) is 3.71. The maximum absolute atomic E-state index is 13.1. The Morgan fingerprint density at radius 2 is 1.88 bits per heavy atom. The van der Waals surface area contributed by atoms with E-state index in [0.29, 0.717) is 6.61 Å². The Hall–Kier alpha value is -2.50. The van der Waals surface area contributed by atoms with Gasteiger partial charge >= 0.3 is 0 Å². The molecule has 0 aliphatic carbocycles. The van der Waals surface area contributed by atoms with Gasteiger partial charge in [-0.25, -0.2) is 9.07 Å². The molecule has 3 aromatic rings. The second-order valence-electron chi connectivity index (χ2n) is 6.26. The van der Waals surface area contributed by atoms with Crippen molar-refractivity contribution in [3.8, 4) is 5.69 Å². The van der Waals surface area contributed by atoms with Crippen LogP contribution in [0, 0.1) is 5.82 Å². The van der Waals surface area contributed by atoms with Gasteiger partial charge < -0.3 is 4.74 Å². The quantitative estimate of drug-likeness (QED) is 0.729. The first kappa shape index (κ1) is 16.0. The molecule has 4 rings (SSSR count). The third kappa shape index (κ3) is 3.78. The fourth-order valence-electron chi connectivity index (χ4n) is 3.16. The molecule has 0 spiro atoms. The summed E-state index contributed by atoms with van der Waals surface area (Å²) in [5.74, 6) is -0.214. The molecule has 2 aromatic carbocycles. The number of nitrogens with zero attached hydrogens (tertiary/aromatic N) is 3. The van der Waals surface area contributed by atoms with Crippen LogP contribution in [0.3, 0.4) is 0 Å². The van der Waals surface area contributed by atoms with Crippen LogP contribution in [0.1, 0.15) is 17.2 Å². The lowest BCUT2D eigenvalue weighted by atomic mass is 10.1. The summed E-state index contributed by atoms with van der Waals surface area (Å²) in [5, 5.41) is 4.24. The van der Waals surface area contributed by atoms with Gasteiger partial charge in [-0.2, -0.15) is 5.10 Å². The van der Waals surface area contributed by atoms with Crippen LogP contribution in [-0.4, -0.2) is 34.4 Å². The van der Waals surface area contributed by atoms with E-state index in [1.54, 1.807) is 6.20 Å². The average Bonchev–Trinajstić information content (AvgIpc) is 3.18. The highest BCUT2D eigenvalue weighted by molar-refractivity contribution is 5.33. The lowest BCUT2D eigenvalue weighted by Gasteiger charge is -2.33. The Bertz CT molecular complexity index is 800. The van der Waals surface area contributed by atoms with Crippen molar-refractivity contribution in [2.24, 2.45) is 0 Å². The standard InChI is InChI=1S/C20H20FN3O/c21-18-6-4-17(5-7-18)20-15-23(12-13-25-20)14-16-2-8-19(9-3-16)24-11-1-10-22-24/h1-11,20H,12-15H2. The molecule has 1 atom stereocenters. The molecule has 2 heterocycles. The minimum absolute atomic E-state index is 0.00213. The average molecular weight is 337 g/mol. The van der Waals surface area contributed by atoms with Crippen molar-refractivity contribution < 1.29 is 9.13 Å². The van der Waals surface area contributed by atoms with Gasteiger partial charge in [-0.15, -0.1) is 0 Å². The zero-order valence-corrected chi connectivity index (χ0v) is 13.9. The van der Waals surface area contributed by atoms with Gasteiger partial charge in [-0.1, -0.05) is 24.3 Å². The number of halogens is 1. The van der Waals surface area contributed by atoms with E-state index in [4.69, 9.17) is 4.74 Å². The molecule has 1 aromatic heterocycles. The van der Waals surface area contributed by atoms with Crippen molar-refractivity contribution in [3.63, 3.8) is 0 Å². The van der Waals surface area contributed by atoms with Gasteiger partial charge in [0.25, 0.3) is 0 Å². The lowest BCUT2D eigenvalue weighted by Crippen LogP contribution is -2.37. The molecule has 0 amide bonds. The van der Waals surface area contributed by atoms with E-state index in [9.17, 15) is 4.39 Å². The molecule has 0 N–H and O–H groups in total. The highest BCUT2D eigenvalue weighted by Crippen LogP contribution is 2.23. The van der Waals surface area contributed by atoms with Gasteiger partial charge in [0, 0.05) is 32.0 Å². The predicted molar refractivity (Wildman–Crippen MR) is 93.9 cm³/mol. The first-order chi connectivity index (χ1) is 12.3. The van der Waals surface area contributed by atoms with Crippen molar-refractivity contribution >= 4 is 0 Å². The molecule has 1 unspecified atom stereocenters. The second kappa shape index (κ2) is 7.17. The molecule has 0 saturated carbocycles. The normalized spacial score (nSPS) is 18.4. The van der Waals surface area contributed by atoms with Gasteiger partial charge in [0.2, 0.25) is 0 Å². The van der Waals surface area contributed by atoms with Crippen molar-refractivity contribution in [3.05, 3.63) is 83.9 Å². The molecule has 0 bridgehead atoms. The summed E-state index contributed by atoms with van der Waals surface area (Å²) in [4.78, 5) is 2.38. The minimum Gasteiger partial charge on any atom is -0.371 e. The number of ether oxygens (including phenoxy) is 1. The molecule has 1 saturated heterocycles. The van der Waals surface area contributed by atoms with Gasteiger partial charge in [-0.05, 0) is 41.5 Å². The third-order valence-electron chi connectivity index (χ3n) is 4.50. The SMILES string of the molecule is Fc1ccc(C2CN(Cc3ccc(-n4cccn4)cc3)CCO2)cc1. The van der Waals surface area contributed by atoms with Crippen LogP contribution in [0.4, 0.5) is 4.39 Å². The summed E-state index contributed by atoms with van der Waals surface area (Å²) in [6.45, 7) is 3.28. The zero-order valence-electron chi connectivity index (χ0n) is 13.9. The molecule has 128 valence electrons. The molecule has 1 aliphatic rings. The van der Waals surface area contributed by atoms with Crippen LogP contribution in [0.2, 0.25) is 0 Å². The molecule has 4 nitrogen and oxygen atoms in total. The maximum atomic E-state index is 13.1. The van der Waals surface area contributed by atoms with Gasteiger partial charge in [-0.3, -0.25) is 4.90 Å². The van der Waals surface area contributed by atoms with Crippen molar-refractivity contribution in [1.29, 1.82) is 0 Å². The van der Waals surface area contributed by atoms with E-state index in [1.807, 2.05) is 29.1 Å². The predicted octanol–water partition coefficient (Wildman–Crippen LogP) is 3.58. The van der Waals surface area contributed by atoms with E-state index in [-0.39, 0.29) is 11.9 Å². The van der Waals surface area contributed by atoms with Crippen LogP contribution < -0.4 is 0 Å². The number of aromatic nitrogens is 2. The van der Waals surface area contributed by atoms with E-state index in [1.165, 1.54) is 17.7 Å². The number of morpholine rings is 1. The van der Waals surface area contributed by atoms with Crippen LogP contribution in [-0.2, 0) is 11.3 Å². The fraction of sp³-hybridized carbons (Fsp3) is 0.250. The van der Waals surface area contributed by atoms with Crippen molar-refractivity contribution in [1.82, 2.24) is 14.7 Å². The Balaban J connectivity index is 1.41. The van der Waals surface area contributed by atoms with E-state index >= 15 is 0 Å². The van der Waals surface area contributed by atoms with Crippen LogP contribution in [0.15, 0.2) is 67.0 Å². The van der Waals surface area contributed by atoms with Gasteiger partial charge in [0.1, 0.15) is 5.82 Å². The highest BCUT2D eigenvalue weighted by Gasteiger charge is 2.22. The minimum atomic E-state index is -0.214. The number of hydrogen-bond acceptors (Lipinski definition) is 3. The Kier molecular flexibility index (Phi) is 4.59. The molecule has 25 heavy (non-hydrogen) atoms. The van der Waals surface area contributed by atoms with Gasteiger partial charge in [0.15, 0.2) is 0 Å². The number of hydrogen-bond donors (Lipinski definition) is 0. The second-order valence-corrected chi connectivity index (χ2v) is 6.26. The molecule has 5 heteroatoms. The Labute approximate surface area is 146 Å². The Morgan fingerprint density at radius 3 is 2.60 bits per heavy atom. The van der Waals surface area contributed by atoms with Crippen molar-refractivity contribution in [2.45, 2.75) is 12.6 Å². The maximum Gasteiger partial charge on any atom is 0.123 e. The topological polar surface area (TPSA) is 30.3 Å². The number of rotatable bonds is 4. The lowest BCUT2D eigenvalue weighted by molar-refractivity contribution is -0.0329. The first-order valence-electron chi connectivity index (χ1n) is 8.46. The summed E-state index contributed by atoms with van der Waals surface area (Å²) in [7, 11) is 0. The van der Waals surface area contributed by atoms with Crippen molar-refractivity contribution in [2.75, 3.05) is 19.7 Å². The Morgan fingerprint density at radius 1 is 1.08 bits per heavy atom. The molecular formula is C20H20FN3O. The smallest absolute Gasteiger partial charge is 0.123 e. The summed E-state index contributed by atoms with van der Waals surface area (Å²) >= 11 is 0. The van der Waals surface area contributed by atoms with Crippen LogP contribution >= 0.6 is 0 Å². The van der Waals surface area contributed by atoms with Crippen LogP contribution in [0.25, 0.3) is 5.69 Å². The summed E-state index contributed by atoms with van der Waals surface area (Å²) in [6, 6.07) is 17.0. The van der Waals surface area contributed by atoms with Gasteiger partial charge in [0.05, 0.1) is 18.4 Å². The molecule has 1 fully saturated rings. The van der Waals surface area contributed by atoms with E-state index in [2.05, 4.69) is 34.3 Å². The van der Waals surface area contributed by atoms with E-state index in [0.717, 1.165) is 30.9 Å². The largest absolute Gasteiger partial charge is 0.371 e. The molecule has 0 radical (unpaired) electrons. The highest BCUT2D eigenvalue weighted by atomic mass is 19.1. The molecular weight excluding hydrogens is 317 g/mol. The number of benzene rings is 2. The summed E-state index contributed by atoms with van der Waals surface area (Å²) < 4.78 is 20.8. The molecule has 1 aliphatic heterocycles. The first-order valence-corrected chi connectivity index (χ1v) is 8.46. The monoisotopic (exact) mass is 337 g/mol.